The van der Waals surface area contributed by atoms with Gasteiger partial charge in [-0.15, -0.1) is 0 Å². The lowest BCUT2D eigenvalue weighted by Crippen LogP contribution is -2.21. The van der Waals surface area contributed by atoms with Crippen molar-refractivity contribution in [3.63, 3.8) is 0 Å². The Bertz CT molecular complexity index is 464. The van der Waals surface area contributed by atoms with Crippen molar-refractivity contribution >= 4 is 21.9 Å². The summed E-state index contributed by atoms with van der Waals surface area (Å²) in [7, 11) is 3.91. The lowest BCUT2D eigenvalue weighted by atomic mass is 10.5. The van der Waals surface area contributed by atoms with E-state index in [1.165, 1.54) is 0 Å². The molecule has 0 N–H and O–H groups in total. The highest BCUT2D eigenvalue weighted by Gasteiger charge is 2.07. The molecule has 0 bridgehead atoms. The van der Waals surface area contributed by atoms with E-state index in [9.17, 15) is 0 Å². The molecule has 2 rings (SSSR count). The molecule has 0 aliphatic rings. The summed E-state index contributed by atoms with van der Waals surface area (Å²) in [4.78, 5) is 14.6. The lowest BCUT2D eigenvalue weighted by molar-refractivity contribution is 0.746. The Kier molecular flexibility index (Phi) is 3.19. The second-order valence-electron chi connectivity index (χ2n) is 3.51. The summed E-state index contributed by atoms with van der Waals surface area (Å²) in [5.41, 5.74) is 0. The van der Waals surface area contributed by atoms with E-state index in [1.54, 1.807) is 18.6 Å². The fourth-order valence-electron chi connectivity index (χ4n) is 1.33. The van der Waals surface area contributed by atoms with Gasteiger partial charge in [0.2, 0.25) is 5.95 Å². The first-order chi connectivity index (χ1) is 7.66. The van der Waals surface area contributed by atoms with Crippen LogP contribution in [0.25, 0.3) is 0 Å². The number of rotatable bonds is 3. The van der Waals surface area contributed by atoms with Gasteiger partial charge in [0.15, 0.2) is 0 Å². The standard InChI is InChI=1S/C10H12BrN5/c1-15-4-3-12-9(15)7-16(2)10-13-5-8(11)6-14-10/h3-6H,7H2,1-2H3. The highest BCUT2D eigenvalue weighted by Crippen LogP contribution is 2.11. The first kappa shape index (κ1) is 11.1. The molecule has 2 aromatic rings. The Labute approximate surface area is 102 Å². The molecule has 0 spiro atoms. The highest BCUT2D eigenvalue weighted by atomic mass is 79.9. The second-order valence-corrected chi connectivity index (χ2v) is 4.43. The summed E-state index contributed by atoms with van der Waals surface area (Å²) in [6, 6.07) is 0. The van der Waals surface area contributed by atoms with E-state index in [-0.39, 0.29) is 0 Å². The van der Waals surface area contributed by atoms with Crippen molar-refractivity contribution in [2.45, 2.75) is 6.54 Å². The van der Waals surface area contributed by atoms with Crippen molar-refractivity contribution in [2.75, 3.05) is 11.9 Å². The number of anilines is 1. The minimum absolute atomic E-state index is 0.686. The quantitative estimate of drug-likeness (QED) is 0.858. The molecule has 2 heterocycles. The van der Waals surface area contributed by atoms with Crippen molar-refractivity contribution in [3.05, 3.63) is 35.1 Å². The van der Waals surface area contributed by atoms with Crippen LogP contribution >= 0.6 is 15.9 Å². The molecule has 84 valence electrons. The molecule has 0 saturated heterocycles. The number of aromatic nitrogens is 4. The van der Waals surface area contributed by atoms with Gasteiger partial charge in [-0.3, -0.25) is 0 Å². The molecule has 0 radical (unpaired) electrons. The van der Waals surface area contributed by atoms with E-state index in [4.69, 9.17) is 0 Å². The molecule has 0 aliphatic carbocycles. The zero-order valence-electron chi connectivity index (χ0n) is 9.13. The molecule has 5 nitrogen and oxygen atoms in total. The molecule has 2 aromatic heterocycles. The van der Waals surface area contributed by atoms with Crippen molar-refractivity contribution < 1.29 is 0 Å². The van der Waals surface area contributed by atoms with Crippen molar-refractivity contribution in [1.29, 1.82) is 0 Å². The maximum absolute atomic E-state index is 4.26. The van der Waals surface area contributed by atoms with Crippen LogP contribution < -0.4 is 4.90 Å². The molecule has 0 saturated carbocycles. The molecule has 0 aliphatic heterocycles. The third-order valence-electron chi connectivity index (χ3n) is 2.25. The van der Waals surface area contributed by atoms with Crippen LogP contribution in [-0.4, -0.2) is 26.6 Å². The van der Waals surface area contributed by atoms with Gasteiger partial charge in [-0.05, 0) is 15.9 Å². The van der Waals surface area contributed by atoms with Crippen LogP contribution in [0.4, 0.5) is 5.95 Å². The van der Waals surface area contributed by atoms with Crippen LogP contribution in [-0.2, 0) is 13.6 Å². The molecule has 0 atom stereocenters. The number of halogens is 1. The molecule has 0 amide bonds. The van der Waals surface area contributed by atoms with Gasteiger partial charge < -0.3 is 9.47 Å². The predicted octanol–water partition coefficient (Wildman–Crippen LogP) is 1.61. The van der Waals surface area contributed by atoms with E-state index < -0.39 is 0 Å². The maximum atomic E-state index is 4.26. The number of imidazole rings is 1. The molecule has 6 heteroatoms. The number of nitrogens with zero attached hydrogens (tertiary/aromatic N) is 5. The topological polar surface area (TPSA) is 46.8 Å². The van der Waals surface area contributed by atoms with Crippen LogP contribution in [0, 0.1) is 0 Å². The van der Waals surface area contributed by atoms with Gasteiger partial charge in [-0.25, -0.2) is 15.0 Å². The second kappa shape index (κ2) is 4.61. The summed E-state index contributed by atoms with van der Waals surface area (Å²) >= 11 is 3.31. The Balaban J connectivity index is 2.11. The van der Waals surface area contributed by atoms with Gasteiger partial charge in [-0.2, -0.15) is 0 Å². The molecule has 0 aromatic carbocycles. The van der Waals surface area contributed by atoms with Crippen LogP contribution in [0.1, 0.15) is 5.82 Å². The van der Waals surface area contributed by atoms with Crippen molar-refractivity contribution in [2.24, 2.45) is 7.05 Å². The van der Waals surface area contributed by atoms with E-state index in [2.05, 4.69) is 30.9 Å². The predicted molar refractivity (Wildman–Crippen MR) is 65.0 cm³/mol. The van der Waals surface area contributed by atoms with E-state index in [1.807, 2.05) is 29.8 Å². The van der Waals surface area contributed by atoms with Gasteiger partial charge in [0.05, 0.1) is 11.0 Å². The summed E-state index contributed by atoms with van der Waals surface area (Å²) in [5.74, 6) is 1.67. The Hall–Kier alpha value is -1.43. The lowest BCUT2D eigenvalue weighted by Gasteiger charge is -2.16. The average molecular weight is 282 g/mol. The zero-order valence-corrected chi connectivity index (χ0v) is 10.7. The molecule has 16 heavy (non-hydrogen) atoms. The molecular formula is C10H12BrN5. The molecule has 0 fully saturated rings. The van der Waals surface area contributed by atoms with Gasteiger partial charge in [0, 0.05) is 38.9 Å². The Morgan fingerprint density at radius 2 is 2.00 bits per heavy atom. The number of aryl methyl sites for hydroxylation is 1. The fraction of sp³-hybridized carbons (Fsp3) is 0.300. The highest BCUT2D eigenvalue weighted by molar-refractivity contribution is 9.10. The Morgan fingerprint density at radius 3 is 2.56 bits per heavy atom. The summed E-state index contributed by atoms with van der Waals surface area (Å²) < 4.78 is 2.86. The van der Waals surface area contributed by atoms with E-state index >= 15 is 0 Å². The minimum atomic E-state index is 0.686. The first-order valence-corrected chi connectivity index (χ1v) is 5.61. The SMILES string of the molecule is CN(Cc1nccn1C)c1ncc(Br)cn1. The molecular weight excluding hydrogens is 270 g/mol. The normalized spacial score (nSPS) is 10.4. The van der Waals surface area contributed by atoms with Crippen LogP contribution in [0.5, 0.6) is 0 Å². The monoisotopic (exact) mass is 281 g/mol. The van der Waals surface area contributed by atoms with Crippen LogP contribution in [0.2, 0.25) is 0 Å². The van der Waals surface area contributed by atoms with Crippen LogP contribution in [0.3, 0.4) is 0 Å². The van der Waals surface area contributed by atoms with Gasteiger partial charge in [0.1, 0.15) is 5.82 Å². The largest absolute Gasteiger partial charge is 0.337 e. The summed E-state index contributed by atoms with van der Waals surface area (Å²) in [5, 5.41) is 0. The Morgan fingerprint density at radius 1 is 1.31 bits per heavy atom. The summed E-state index contributed by atoms with van der Waals surface area (Å²) in [6.45, 7) is 0.686. The molecule has 0 unspecified atom stereocenters. The van der Waals surface area contributed by atoms with Gasteiger partial charge in [0.25, 0.3) is 0 Å². The summed E-state index contributed by atoms with van der Waals surface area (Å²) in [6.07, 6.45) is 7.17. The van der Waals surface area contributed by atoms with Crippen molar-refractivity contribution in [1.82, 2.24) is 19.5 Å². The van der Waals surface area contributed by atoms with E-state index in [0.717, 1.165) is 10.3 Å². The first-order valence-electron chi connectivity index (χ1n) is 4.81. The minimum Gasteiger partial charge on any atom is -0.337 e. The van der Waals surface area contributed by atoms with Gasteiger partial charge >= 0.3 is 0 Å². The third-order valence-corrected chi connectivity index (χ3v) is 2.66. The fourth-order valence-corrected chi connectivity index (χ4v) is 1.54. The van der Waals surface area contributed by atoms with Gasteiger partial charge in [-0.1, -0.05) is 0 Å². The van der Waals surface area contributed by atoms with E-state index in [0.29, 0.717) is 12.5 Å². The third kappa shape index (κ3) is 2.38. The zero-order chi connectivity index (χ0) is 11.5. The smallest absolute Gasteiger partial charge is 0.225 e. The average Bonchev–Trinajstić information content (AvgIpc) is 2.65. The maximum Gasteiger partial charge on any atom is 0.225 e. The number of hydrogen-bond acceptors (Lipinski definition) is 4. The van der Waals surface area contributed by atoms with Crippen molar-refractivity contribution in [3.8, 4) is 0 Å². The number of hydrogen-bond donors (Lipinski definition) is 0. The van der Waals surface area contributed by atoms with Crippen LogP contribution in [0.15, 0.2) is 29.3 Å².